The molecule has 0 aromatic carbocycles. The maximum Gasteiger partial charge on any atom is 0.325 e. The second kappa shape index (κ2) is 12.8. The van der Waals surface area contributed by atoms with Gasteiger partial charge in [-0.3, -0.25) is 24.0 Å². The van der Waals surface area contributed by atoms with Crippen molar-refractivity contribution in [1.29, 1.82) is 0 Å². The van der Waals surface area contributed by atoms with Gasteiger partial charge >= 0.3 is 5.97 Å². The minimum atomic E-state index is -1.28. The van der Waals surface area contributed by atoms with Gasteiger partial charge in [-0.2, -0.15) is 0 Å². The second-order valence-electron chi connectivity index (χ2n) is 7.59. The van der Waals surface area contributed by atoms with Gasteiger partial charge < -0.3 is 37.6 Å². The van der Waals surface area contributed by atoms with Gasteiger partial charge in [0.15, 0.2) is 0 Å². The second-order valence-corrected chi connectivity index (χ2v) is 7.59. The Balaban J connectivity index is 5.41. The van der Waals surface area contributed by atoms with Gasteiger partial charge in [-0.1, -0.05) is 13.8 Å². The van der Waals surface area contributed by atoms with Gasteiger partial charge in [0.1, 0.15) is 24.2 Å². The molecule has 0 saturated carbocycles. The first-order valence-corrected chi connectivity index (χ1v) is 9.62. The van der Waals surface area contributed by atoms with Crippen LogP contribution in [0.3, 0.4) is 0 Å². The molecule has 0 bridgehead atoms. The van der Waals surface area contributed by atoms with Crippen LogP contribution in [0.15, 0.2) is 0 Å². The number of aliphatic hydroxyl groups is 1. The van der Waals surface area contributed by atoms with E-state index in [1.807, 2.05) is 13.8 Å². The van der Waals surface area contributed by atoms with Crippen LogP contribution in [0, 0.1) is 5.92 Å². The van der Waals surface area contributed by atoms with Gasteiger partial charge in [-0.05, 0) is 32.6 Å². The van der Waals surface area contributed by atoms with Gasteiger partial charge in [0.25, 0.3) is 0 Å². The average Bonchev–Trinajstić information content (AvgIpc) is 2.62. The van der Waals surface area contributed by atoms with Crippen molar-refractivity contribution in [1.82, 2.24) is 16.0 Å². The Morgan fingerprint density at radius 1 is 0.867 bits per heavy atom. The number of amides is 4. The fraction of sp³-hybridized carbons (Fsp3) is 0.722. The summed E-state index contributed by atoms with van der Waals surface area (Å²) in [6, 6.07) is -4.79. The molecule has 0 rings (SSSR count). The van der Waals surface area contributed by atoms with Crippen LogP contribution in [0.25, 0.3) is 0 Å². The summed E-state index contributed by atoms with van der Waals surface area (Å²) < 4.78 is 0. The third-order valence-electron chi connectivity index (χ3n) is 4.20. The first-order chi connectivity index (χ1) is 13.8. The molecular weight excluding hydrogens is 398 g/mol. The van der Waals surface area contributed by atoms with E-state index in [9.17, 15) is 29.1 Å². The molecule has 0 aromatic rings. The zero-order chi connectivity index (χ0) is 23.6. The van der Waals surface area contributed by atoms with Crippen molar-refractivity contribution in [3.05, 3.63) is 0 Å². The van der Waals surface area contributed by atoms with Crippen LogP contribution in [-0.2, 0) is 24.0 Å². The molecule has 0 saturated heterocycles. The molecule has 0 aromatic heterocycles. The molecule has 5 atom stereocenters. The minimum Gasteiger partial charge on any atom is -0.480 e. The summed E-state index contributed by atoms with van der Waals surface area (Å²) in [4.78, 5) is 59.3. The third-order valence-corrected chi connectivity index (χ3v) is 4.20. The highest BCUT2D eigenvalue weighted by Gasteiger charge is 2.30. The quantitative estimate of drug-likeness (QED) is 0.166. The van der Waals surface area contributed by atoms with Crippen molar-refractivity contribution in [2.75, 3.05) is 0 Å². The monoisotopic (exact) mass is 431 g/mol. The summed E-state index contributed by atoms with van der Waals surface area (Å²) in [6.07, 6.45) is -1.32. The highest BCUT2D eigenvalue weighted by molar-refractivity contribution is 5.94. The third kappa shape index (κ3) is 10.2. The van der Waals surface area contributed by atoms with Crippen molar-refractivity contribution in [2.45, 2.75) is 77.2 Å². The zero-order valence-electron chi connectivity index (χ0n) is 17.7. The Labute approximate surface area is 175 Å². The molecule has 0 fully saturated rings. The number of carboxylic acid groups (broad SMARTS) is 1. The number of aliphatic carboxylic acids is 1. The lowest BCUT2D eigenvalue weighted by Crippen LogP contribution is -2.58. The number of nitrogens with two attached hydrogens (primary N) is 2. The summed E-state index contributed by atoms with van der Waals surface area (Å²) in [5, 5.41) is 25.5. The predicted octanol–water partition coefficient (Wildman–Crippen LogP) is -2.43. The summed E-state index contributed by atoms with van der Waals surface area (Å²) in [5.74, 6) is -4.28. The molecule has 0 aliphatic heterocycles. The fourth-order valence-electron chi connectivity index (χ4n) is 2.39. The molecule has 0 heterocycles. The summed E-state index contributed by atoms with van der Waals surface area (Å²) >= 11 is 0. The molecule has 5 unspecified atom stereocenters. The first-order valence-electron chi connectivity index (χ1n) is 9.62. The van der Waals surface area contributed by atoms with Crippen molar-refractivity contribution in [3.8, 4) is 0 Å². The smallest absolute Gasteiger partial charge is 0.325 e. The number of carbonyl (C=O) groups is 5. The topological polar surface area (TPSA) is 214 Å². The largest absolute Gasteiger partial charge is 0.480 e. The summed E-state index contributed by atoms with van der Waals surface area (Å²) in [5.41, 5.74) is 10.7. The maximum atomic E-state index is 12.7. The Bertz CT molecular complexity index is 638. The van der Waals surface area contributed by atoms with E-state index in [1.54, 1.807) is 0 Å². The van der Waals surface area contributed by atoms with Gasteiger partial charge in [0.05, 0.1) is 6.10 Å². The molecule has 172 valence electrons. The fourth-order valence-corrected chi connectivity index (χ4v) is 2.39. The van der Waals surface area contributed by atoms with Crippen LogP contribution in [0.5, 0.6) is 0 Å². The average molecular weight is 431 g/mol. The van der Waals surface area contributed by atoms with E-state index in [4.69, 9.17) is 16.6 Å². The highest BCUT2D eigenvalue weighted by Crippen LogP contribution is 2.08. The lowest BCUT2D eigenvalue weighted by atomic mass is 10.0. The zero-order valence-corrected chi connectivity index (χ0v) is 17.7. The maximum absolute atomic E-state index is 12.7. The van der Waals surface area contributed by atoms with E-state index in [-0.39, 0.29) is 25.2 Å². The van der Waals surface area contributed by atoms with E-state index in [1.165, 1.54) is 13.8 Å². The molecule has 0 aliphatic rings. The lowest BCUT2D eigenvalue weighted by Gasteiger charge is -2.26. The number of hydrogen-bond acceptors (Lipinski definition) is 7. The number of carboxylic acids is 1. The number of primary amides is 1. The number of aliphatic hydroxyl groups excluding tert-OH is 1. The van der Waals surface area contributed by atoms with Crippen LogP contribution in [0.2, 0.25) is 0 Å². The Morgan fingerprint density at radius 3 is 1.80 bits per heavy atom. The molecule has 4 amide bonds. The van der Waals surface area contributed by atoms with Crippen LogP contribution < -0.4 is 27.4 Å². The van der Waals surface area contributed by atoms with Gasteiger partial charge in [0, 0.05) is 6.42 Å². The minimum absolute atomic E-state index is 0.0197. The Morgan fingerprint density at radius 2 is 1.37 bits per heavy atom. The molecule has 0 radical (unpaired) electrons. The molecule has 0 aliphatic carbocycles. The molecule has 12 heteroatoms. The van der Waals surface area contributed by atoms with Crippen molar-refractivity contribution in [2.24, 2.45) is 17.4 Å². The number of rotatable bonds is 13. The van der Waals surface area contributed by atoms with E-state index in [0.717, 1.165) is 0 Å². The van der Waals surface area contributed by atoms with E-state index < -0.39 is 59.9 Å². The summed E-state index contributed by atoms with van der Waals surface area (Å²) in [6.45, 7) is 6.20. The van der Waals surface area contributed by atoms with Gasteiger partial charge in [-0.25, -0.2) is 0 Å². The lowest BCUT2D eigenvalue weighted by molar-refractivity contribution is -0.142. The molecular formula is C18H33N5O7. The standard InChI is InChI=1S/C18H33N5O7/c1-8(2)7-12(23-17(28)14(20)10(4)24)16(27)22-11(5-6-13(19)25)15(26)21-9(3)18(29)30/h8-12,14,24H,5-7,20H2,1-4H3,(H2,19,25)(H,21,26)(H,22,27)(H,23,28)(H,29,30). The van der Waals surface area contributed by atoms with E-state index in [0.29, 0.717) is 0 Å². The van der Waals surface area contributed by atoms with Crippen molar-refractivity contribution >= 4 is 29.6 Å². The molecule has 12 nitrogen and oxygen atoms in total. The van der Waals surface area contributed by atoms with Crippen LogP contribution in [-0.4, -0.2) is 70.1 Å². The predicted molar refractivity (Wildman–Crippen MR) is 107 cm³/mol. The van der Waals surface area contributed by atoms with Crippen LogP contribution in [0.4, 0.5) is 0 Å². The SMILES string of the molecule is CC(C)CC(NC(=O)C(N)C(C)O)C(=O)NC(CCC(N)=O)C(=O)NC(C)C(=O)O. The van der Waals surface area contributed by atoms with E-state index in [2.05, 4.69) is 16.0 Å². The normalized spacial score (nSPS) is 16.0. The van der Waals surface area contributed by atoms with Crippen molar-refractivity contribution in [3.63, 3.8) is 0 Å². The van der Waals surface area contributed by atoms with E-state index >= 15 is 0 Å². The van der Waals surface area contributed by atoms with Crippen molar-refractivity contribution < 1.29 is 34.2 Å². The molecule has 30 heavy (non-hydrogen) atoms. The first kappa shape index (κ1) is 27.3. The molecule has 0 spiro atoms. The Hall–Kier alpha value is -2.73. The van der Waals surface area contributed by atoms with Crippen LogP contribution >= 0.6 is 0 Å². The number of hydrogen-bond donors (Lipinski definition) is 7. The van der Waals surface area contributed by atoms with Gasteiger partial charge in [0.2, 0.25) is 23.6 Å². The highest BCUT2D eigenvalue weighted by atomic mass is 16.4. The number of carbonyl (C=O) groups excluding carboxylic acids is 4. The summed E-state index contributed by atoms with van der Waals surface area (Å²) in [7, 11) is 0. The molecule has 9 N–H and O–H groups in total. The van der Waals surface area contributed by atoms with Crippen LogP contribution in [0.1, 0.15) is 47.0 Å². The van der Waals surface area contributed by atoms with Gasteiger partial charge in [-0.15, -0.1) is 0 Å². The Kier molecular flexibility index (Phi) is 11.6. The number of nitrogens with one attached hydrogen (secondary N) is 3.